The molecule has 0 aliphatic carbocycles. The van der Waals surface area contributed by atoms with Crippen LogP contribution in [0.2, 0.25) is 0 Å². The molecular weight excluding hydrogens is 358 g/mol. The number of benzene rings is 1. The Morgan fingerprint density at radius 1 is 1.21 bits per heavy atom. The van der Waals surface area contributed by atoms with Gasteiger partial charge in [-0.2, -0.15) is 0 Å². The molecular formula is C20H23N5O3. The van der Waals surface area contributed by atoms with Crippen molar-refractivity contribution < 1.29 is 9.59 Å². The molecule has 2 aromatic heterocycles. The summed E-state index contributed by atoms with van der Waals surface area (Å²) < 4.78 is 2.73. The molecule has 3 aromatic rings. The lowest BCUT2D eigenvalue weighted by atomic mass is 9.99. The average molecular weight is 381 g/mol. The highest BCUT2D eigenvalue weighted by Gasteiger charge is 2.40. The summed E-state index contributed by atoms with van der Waals surface area (Å²) in [6.45, 7) is 7.90. The highest BCUT2D eigenvalue weighted by Crippen LogP contribution is 2.21. The minimum absolute atomic E-state index is 0.202. The minimum atomic E-state index is -0.960. The number of nitrogens with one attached hydrogen (secondary N) is 1. The summed E-state index contributed by atoms with van der Waals surface area (Å²) in [7, 11) is 0. The van der Waals surface area contributed by atoms with E-state index >= 15 is 0 Å². The maximum absolute atomic E-state index is 13.0. The van der Waals surface area contributed by atoms with Crippen molar-refractivity contribution in [2.24, 2.45) is 0 Å². The Morgan fingerprint density at radius 3 is 2.71 bits per heavy atom. The molecule has 0 bridgehead atoms. The summed E-state index contributed by atoms with van der Waals surface area (Å²) in [5.74, 6) is -0.505. The lowest BCUT2D eigenvalue weighted by Gasteiger charge is -2.41. The number of hydrogen-bond acceptors (Lipinski definition) is 4. The van der Waals surface area contributed by atoms with Gasteiger partial charge in [0.2, 0.25) is 11.8 Å². The first kappa shape index (κ1) is 18.2. The van der Waals surface area contributed by atoms with Crippen molar-refractivity contribution in [3.63, 3.8) is 0 Å². The second-order valence-corrected chi connectivity index (χ2v) is 7.85. The van der Waals surface area contributed by atoms with Gasteiger partial charge < -0.3 is 10.2 Å². The van der Waals surface area contributed by atoms with Crippen LogP contribution >= 0.6 is 0 Å². The molecule has 0 saturated carbocycles. The first-order valence-corrected chi connectivity index (χ1v) is 9.28. The summed E-state index contributed by atoms with van der Waals surface area (Å²) in [6.07, 6.45) is 0. The number of piperazine rings is 1. The topological polar surface area (TPSA) is 88.7 Å². The number of carbonyl (C=O) groups excluding carboxylic acids is 2. The van der Waals surface area contributed by atoms with Crippen molar-refractivity contribution in [3.05, 3.63) is 45.9 Å². The zero-order chi connectivity index (χ0) is 20.2. The first-order chi connectivity index (χ1) is 13.2. The second kappa shape index (κ2) is 6.19. The van der Waals surface area contributed by atoms with E-state index in [0.29, 0.717) is 18.7 Å². The molecule has 4 rings (SSSR count). The van der Waals surface area contributed by atoms with Crippen LogP contribution in [0.15, 0.2) is 29.1 Å². The fraction of sp³-hybridized carbons (Fsp3) is 0.400. The van der Waals surface area contributed by atoms with E-state index in [4.69, 9.17) is 0 Å². The first-order valence-electron chi connectivity index (χ1n) is 9.28. The predicted molar refractivity (Wildman–Crippen MR) is 105 cm³/mol. The van der Waals surface area contributed by atoms with Crippen LogP contribution < -0.4 is 11.0 Å². The van der Waals surface area contributed by atoms with Gasteiger partial charge in [-0.3, -0.25) is 9.59 Å². The van der Waals surface area contributed by atoms with E-state index in [2.05, 4.69) is 10.4 Å². The van der Waals surface area contributed by atoms with Crippen LogP contribution in [0, 0.1) is 13.8 Å². The Morgan fingerprint density at radius 2 is 1.96 bits per heavy atom. The number of aryl methyl sites for hydroxylation is 2. The van der Waals surface area contributed by atoms with Crippen molar-refractivity contribution in [1.82, 2.24) is 24.4 Å². The van der Waals surface area contributed by atoms with Crippen LogP contribution in [-0.2, 0) is 16.1 Å². The Balaban J connectivity index is 1.78. The number of amides is 2. The number of carbonyl (C=O) groups is 2. The molecule has 3 heterocycles. The molecule has 0 radical (unpaired) electrons. The molecule has 146 valence electrons. The van der Waals surface area contributed by atoms with Gasteiger partial charge in [0.05, 0.1) is 5.52 Å². The molecule has 1 N–H and O–H groups in total. The van der Waals surface area contributed by atoms with Gasteiger partial charge in [0.15, 0.2) is 5.65 Å². The molecule has 0 atom stereocenters. The lowest BCUT2D eigenvalue weighted by molar-refractivity contribution is -0.149. The molecule has 1 aromatic carbocycles. The Bertz CT molecular complexity index is 1190. The molecule has 2 amide bonds. The molecule has 1 saturated heterocycles. The third-order valence-electron chi connectivity index (χ3n) is 5.43. The number of fused-ring (bicyclic) bond motifs is 3. The largest absolute Gasteiger partial charge is 0.352 e. The van der Waals surface area contributed by atoms with E-state index < -0.39 is 5.54 Å². The minimum Gasteiger partial charge on any atom is -0.352 e. The highest BCUT2D eigenvalue weighted by molar-refractivity contribution is 5.91. The van der Waals surface area contributed by atoms with Gasteiger partial charge in [0.1, 0.15) is 12.1 Å². The van der Waals surface area contributed by atoms with E-state index in [-0.39, 0.29) is 24.0 Å². The zero-order valence-corrected chi connectivity index (χ0v) is 16.4. The molecule has 28 heavy (non-hydrogen) atoms. The molecule has 1 aliphatic rings. The Hall–Kier alpha value is -3.16. The summed E-state index contributed by atoms with van der Waals surface area (Å²) in [6, 6.07) is 7.85. The second-order valence-electron chi connectivity index (χ2n) is 7.85. The van der Waals surface area contributed by atoms with E-state index in [1.807, 2.05) is 38.1 Å². The molecule has 0 unspecified atom stereocenters. The summed E-state index contributed by atoms with van der Waals surface area (Å²) in [5.41, 5.74) is 1.93. The van der Waals surface area contributed by atoms with Crippen LogP contribution in [0.4, 0.5) is 0 Å². The normalized spacial score (nSPS) is 16.6. The monoisotopic (exact) mass is 381 g/mol. The van der Waals surface area contributed by atoms with Crippen LogP contribution in [0.5, 0.6) is 0 Å². The van der Waals surface area contributed by atoms with Gasteiger partial charge in [-0.05, 0) is 56.8 Å². The number of rotatable bonds is 2. The SMILES string of the molecule is Cc1ccc2c(c1)cc(C)c1nn(CC(=O)N3CCNC(=O)C3(C)C)c(=O)n12. The van der Waals surface area contributed by atoms with Gasteiger partial charge in [0.25, 0.3) is 0 Å². The smallest absolute Gasteiger partial charge is 0.351 e. The lowest BCUT2D eigenvalue weighted by Crippen LogP contribution is -2.64. The maximum Gasteiger partial charge on any atom is 0.351 e. The van der Waals surface area contributed by atoms with Crippen molar-refractivity contribution >= 4 is 28.4 Å². The van der Waals surface area contributed by atoms with Crippen LogP contribution in [-0.4, -0.2) is 49.5 Å². The van der Waals surface area contributed by atoms with Crippen molar-refractivity contribution in [3.8, 4) is 0 Å². The van der Waals surface area contributed by atoms with Crippen LogP contribution in [0.25, 0.3) is 16.6 Å². The molecule has 0 spiro atoms. The summed E-state index contributed by atoms with van der Waals surface area (Å²) in [5, 5.41) is 8.12. The highest BCUT2D eigenvalue weighted by atomic mass is 16.2. The summed E-state index contributed by atoms with van der Waals surface area (Å²) >= 11 is 0. The van der Waals surface area contributed by atoms with Crippen molar-refractivity contribution in [1.29, 1.82) is 0 Å². The average Bonchev–Trinajstić information content (AvgIpc) is 2.94. The number of hydrogen-bond donors (Lipinski definition) is 1. The van der Waals surface area contributed by atoms with E-state index in [1.54, 1.807) is 18.2 Å². The van der Waals surface area contributed by atoms with Gasteiger partial charge in [-0.15, -0.1) is 5.10 Å². The van der Waals surface area contributed by atoms with E-state index in [9.17, 15) is 14.4 Å². The third kappa shape index (κ3) is 2.67. The van der Waals surface area contributed by atoms with Gasteiger partial charge in [0, 0.05) is 13.1 Å². The molecule has 1 fully saturated rings. The van der Waals surface area contributed by atoms with Gasteiger partial charge in [-0.1, -0.05) is 11.6 Å². The molecule has 8 heteroatoms. The van der Waals surface area contributed by atoms with Crippen LogP contribution in [0.3, 0.4) is 0 Å². The summed E-state index contributed by atoms with van der Waals surface area (Å²) in [4.78, 5) is 39.6. The zero-order valence-electron chi connectivity index (χ0n) is 16.4. The number of pyridine rings is 1. The fourth-order valence-electron chi connectivity index (χ4n) is 3.82. The van der Waals surface area contributed by atoms with Crippen molar-refractivity contribution in [2.75, 3.05) is 13.1 Å². The Labute approximate surface area is 161 Å². The maximum atomic E-state index is 13.0. The van der Waals surface area contributed by atoms with Gasteiger partial charge >= 0.3 is 5.69 Å². The van der Waals surface area contributed by atoms with Gasteiger partial charge in [-0.25, -0.2) is 13.9 Å². The molecule has 8 nitrogen and oxygen atoms in total. The number of aromatic nitrogens is 3. The number of nitrogens with zero attached hydrogens (tertiary/aromatic N) is 4. The van der Waals surface area contributed by atoms with E-state index in [0.717, 1.165) is 22.0 Å². The standard InChI is InChI=1S/C20H23N5O3/c1-12-5-6-15-14(9-12)10-13(2)17-22-24(19(28)25(15)17)11-16(26)23-8-7-21-18(27)20(23,3)4/h5-6,9-10H,7-8,11H2,1-4H3,(H,21,27). The van der Waals surface area contributed by atoms with Crippen molar-refractivity contribution in [2.45, 2.75) is 39.8 Å². The molecule has 1 aliphatic heterocycles. The quantitative estimate of drug-likeness (QED) is 0.717. The Kier molecular flexibility index (Phi) is 4.02. The van der Waals surface area contributed by atoms with Crippen LogP contribution in [0.1, 0.15) is 25.0 Å². The predicted octanol–water partition coefficient (Wildman–Crippen LogP) is 1.00. The third-order valence-corrected chi connectivity index (χ3v) is 5.43. The van der Waals surface area contributed by atoms with E-state index in [1.165, 1.54) is 9.58 Å². The fourth-order valence-corrected chi connectivity index (χ4v) is 3.82.